The van der Waals surface area contributed by atoms with Gasteiger partial charge in [-0.1, -0.05) is 30.0 Å². The average molecular weight is 454 g/mol. The molecule has 0 spiro atoms. The molecular weight excluding hydrogens is 433 g/mol. The van der Waals surface area contributed by atoms with Crippen LogP contribution in [0.5, 0.6) is 0 Å². The van der Waals surface area contributed by atoms with E-state index in [2.05, 4.69) is 31.0 Å². The monoisotopic (exact) mass is 453 g/mol. The summed E-state index contributed by atoms with van der Waals surface area (Å²) in [7, 11) is 0. The van der Waals surface area contributed by atoms with Crippen molar-refractivity contribution in [3.63, 3.8) is 0 Å². The van der Waals surface area contributed by atoms with Gasteiger partial charge in [0.15, 0.2) is 0 Å². The number of carbonyl (C=O) groups excluding carboxylic acids is 2. The van der Waals surface area contributed by atoms with Gasteiger partial charge in [0.25, 0.3) is 0 Å². The number of halogens is 1. The number of rotatable bonds is 8. The standard InChI is InChI=1S/C21H20FN7O2S/c22-15-8-6-14(7-9-15)12-23-26-20-25-21(28-27-20)32-13-18(30)24-16-3-1-4-17(11-16)29-10-2-5-19(29)31/h1,3-4,6-9,11-12H,2,5,10,13H2,(H,24,30)(H2,25,26,27,28)/b23-12+. The molecule has 1 fully saturated rings. The van der Waals surface area contributed by atoms with Gasteiger partial charge in [0, 0.05) is 24.3 Å². The van der Waals surface area contributed by atoms with Gasteiger partial charge in [-0.3, -0.25) is 9.59 Å². The Morgan fingerprint density at radius 3 is 2.91 bits per heavy atom. The SMILES string of the molecule is O=C(CSc1n[nH]c(N/N=C/c2ccc(F)cc2)n1)Nc1cccc(N2CCCC2=O)c1. The highest BCUT2D eigenvalue weighted by molar-refractivity contribution is 7.99. The van der Waals surface area contributed by atoms with Gasteiger partial charge < -0.3 is 10.2 Å². The first-order valence-electron chi connectivity index (χ1n) is 9.87. The number of aromatic nitrogens is 3. The molecule has 9 nitrogen and oxygen atoms in total. The maximum absolute atomic E-state index is 12.9. The Morgan fingerprint density at radius 2 is 2.12 bits per heavy atom. The maximum Gasteiger partial charge on any atom is 0.240 e. The smallest absolute Gasteiger partial charge is 0.240 e. The highest BCUT2D eigenvalue weighted by Gasteiger charge is 2.21. The molecule has 1 aliphatic rings. The fraction of sp³-hybridized carbons (Fsp3) is 0.190. The van der Waals surface area contributed by atoms with Crippen LogP contribution in [0.3, 0.4) is 0 Å². The lowest BCUT2D eigenvalue weighted by Crippen LogP contribution is -2.23. The normalized spacial score (nSPS) is 13.7. The van der Waals surface area contributed by atoms with Gasteiger partial charge in [0.05, 0.1) is 12.0 Å². The summed E-state index contributed by atoms with van der Waals surface area (Å²) >= 11 is 1.17. The quantitative estimate of drug-likeness (QED) is 0.274. The highest BCUT2D eigenvalue weighted by atomic mass is 32.2. The summed E-state index contributed by atoms with van der Waals surface area (Å²) in [5.41, 5.74) is 4.82. The zero-order chi connectivity index (χ0) is 22.3. The Hall–Kier alpha value is -3.73. The number of benzene rings is 2. The number of nitrogens with one attached hydrogen (secondary N) is 3. The Bertz CT molecular complexity index is 1130. The van der Waals surface area contributed by atoms with Crippen LogP contribution >= 0.6 is 11.8 Å². The van der Waals surface area contributed by atoms with Crippen molar-refractivity contribution in [3.05, 3.63) is 59.9 Å². The van der Waals surface area contributed by atoms with E-state index in [1.54, 1.807) is 29.2 Å². The van der Waals surface area contributed by atoms with Crippen molar-refractivity contribution in [2.75, 3.05) is 27.9 Å². The van der Waals surface area contributed by atoms with Crippen LogP contribution in [0.4, 0.5) is 21.7 Å². The molecule has 2 aromatic carbocycles. The van der Waals surface area contributed by atoms with Crippen LogP contribution in [0.25, 0.3) is 0 Å². The Morgan fingerprint density at radius 1 is 1.28 bits per heavy atom. The minimum absolute atomic E-state index is 0.0973. The van der Waals surface area contributed by atoms with Crippen molar-refractivity contribution >= 4 is 47.1 Å². The number of anilines is 3. The van der Waals surface area contributed by atoms with Gasteiger partial charge in [-0.05, 0) is 42.3 Å². The first kappa shape index (κ1) is 21.5. The minimum atomic E-state index is -0.314. The lowest BCUT2D eigenvalue weighted by atomic mass is 10.2. The minimum Gasteiger partial charge on any atom is -0.325 e. The fourth-order valence-electron chi connectivity index (χ4n) is 3.08. The lowest BCUT2D eigenvalue weighted by Gasteiger charge is -2.16. The third-order valence-electron chi connectivity index (χ3n) is 4.57. The first-order chi connectivity index (χ1) is 15.6. The van der Waals surface area contributed by atoms with Crippen molar-refractivity contribution in [1.82, 2.24) is 15.2 Å². The molecule has 0 aliphatic carbocycles. The van der Waals surface area contributed by atoms with Gasteiger partial charge >= 0.3 is 0 Å². The molecule has 1 aliphatic heterocycles. The van der Waals surface area contributed by atoms with Gasteiger partial charge in [-0.15, -0.1) is 5.10 Å². The highest BCUT2D eigenvalue weighted by Crippen LogP contribution is 2.24. The van der Waals surface area contributed by atoms with E-state index >= 15 is 0 Å². The molecule has 4 rings (SSSR count). The zero-order valence-electron chi connectivity index (χ0n) is 16.9. The fourth-order valence-corrected chi connectivity index (χ4v) is 3.68. The molecule has 1 aromatic heterocycles. The number of hydrazone groups is 1. The van der Waals surface area contributed by atoms with Gasteiger partial charge in [0.1, 0.15) is 5.82 Å². The molecule has 3 N–H and O–H groups in total. The summed E-state index contributed by atoms with van der Waals surface area (Å²) in [6.45, 7) is 0.696. The number of hydrogen-bond acceptors (Lipinski definition) is 7. The van der Waals surface area contributed by atoms with Crippen LogP contribution in [-0.4, -0.2) is 45.5 Å². The molecule has 164 valence electrons. The molecule has 3 aromatic rings. The van der Waals surface area contributed by atoms with Crippen molar-refractivity contribution < 1.29 is 14.0 Å². The second-order valence-electron chi connectivity index (χ2n) is 6.92. The number of aromatic amines is 1. The van der Waals surface area contributed by atoms with Gasteiger partial charge in [-0.2, -0.15) is 10.1 Å². The van der Waals surface area contributed by atoms with Crippen LogP contribution in [0, 0.1) is 5.82 Å². The predicted octanol–water partition coefficient (Wildman–Crippen LogP) is 3.25. The number of carbonyl (C=O) groups is 2. The third-order valence-corrected chi connectivity index (χ3v) is 5.41. The molecule has 0 unspecified atom stereocenters. The van der Waals surface area contributed by atoms with E-state index in [9.17, 15) is 14.0 Å². The Balaban J connectivity index is 1.25. The number of H-pyrrole nitrogens is 1. The van der Waals surface area contributed by atoms with Crippen LogP contribution in [-0.2, 0) is 9.59 Å². The van der Waals surface area contributed by atoms with Crippen LogP contribution in [0.2, 0.25) is 0 Å². The van der Waals surface area contributed by atoms with E-state index in [1.165, 1.54) is 30.1 Å². The molecule has 2 heterocycles. The predicted molar refractivity (Wildman–Crippen MR) is 121 cm³/mol. The summed E-state index contributed by atoms with van der Waals surface area (Å²) in [4.78, 5) is 30.1. The van der Waals surface area contributed by atoms with E-state index in [-0.39, 0.29) is 23.4 Å². The van der Waals surface area contributed by atoms with Gasteiger partial charge in [0.2, 0.25) is 22.9 Å². The van der Waals surface area contributed by atoms with E-state index in [0.717, 1.165) is 17.7 Å². The molecular formula is C21H20FN7O2S. The summed E-state index contributed by atoms with van der Waals surface area (Å²) in [5.74, 6) is -0.00323. The number of hydrogen-bond donors (Lipinski definition) is 3. The van der Waals surface area contributed by atoms with Crippen molar-refractivity contribution in [2.45, 2.75) is 18.0 Å². The molecule has 32 heavy (non-hydrogen) atoms. The average Bonchev–Trinajstić information content (AvgIpc) is 3.43. The largest absolute Gasteiger partial charge is 0.325 e. The summed E-state index contributed by atoms with van der Waals surface area (Å²) in [6.07, 6.45) is 2.92. The molecule has 0 saturated carbocycles. The third kappa shape index (κ3) is 5.70. The van der Waals surface area contributed by atoms with Crippen molar-refractivity contribution in [3.8, 4) is 0 Å². The molecule has 2 amide bonds. The summed E-state index contributed by atoms with van der Waals surface area (Å²) < 4.78 is 12.9. The van der Waals surface area contributed by atoms with E-state index < -0.39 is 0 Å². The Kier molecular flexibility index (Phi) is 6.75. The van der Waals surface area contributed by atoms with Crippen LogP contribution in [0.1, 0.15) is 18.4 Å². The van der Waals surface area contributed by atoms with Gasteiger partial charge in [-0.25, -0.2) is 14.9 Å². The molecule has 0 radical (unpaired) electrons. The van der Waals surface area contributed by atoms with E-state index in [4.69, 9.17) is 0 Å². The molecule has 0 atom stereocenters. The molecule has 0 bridgehead atoms. The van der Waals surface area contributed by atoms with Crippen LogP contribution in [0.15, 0.2) is 58.8 Å². The molecule has 11 heteroatoms. The first-order valence-corrected chi connectivity index (χ1v) is 10.9. The second-order valence-corrected chi connectivity index (χ2v) is 7.87. The second kappa shape index (κ2) is 10.1. The lowest BCUT2D eigenvalue weighted by molar-refractivity contribution is -0.117. The zero-order valence-corrected chi connectivity index (χ0v) is 17.7. The molecule has 1 saturated heterocycles. The number of thioether (sulfide) groups is 1. The van der Waals surface area contributed by atoms with Crippen LogP contribution < -0.4 is 15.6 Å². The topological polar surface area (TPSA) is 115 Å². The Labute approximate surface area is 187 Å². The number of nitrogens with zero attached hydrogens (tertiary/aromatic N) is 4. The summed E-state index contributed by atoms with van der Waals surface area (Å²) in [5, 5.41) is 13.9. The summed E-state index contributed by atoms with van der Waals surface area (Å²) in [6, 6.07) is 13.1. The van der Waals surface area contributed by atoms with Crippen molar-refractivity contribution in [2.24, 2.45) is 5.10 Å². The van der Waals surface area contributed by atoms with E-state index in [1.807, 2.05) is 12.1 Å². The number of amides is 2. The van der Waals surface area contributed by atoms with Crippen molar-refractivity contribution in [1.29, 1.82) is 0 Å². The maximum atomic E-state index is 12.9. The van der Waals surface area contributed by atoms with E-state index in [0.29, 0.717) is 29.8 Å².